The van der Waals surface area contributed by atoms with E-state index < -0.39 is 0 Å². The van der Waals surface area contributed by atoms with E-state index in [4.69, 9.17) is 5.73 Å². The Kier molecular flexibility index (Phi) is 3.40. The number of aliphatic hydroxyl groups is 1. The lowest BCUT2D eigenvalue weighted by molar-refractivity contribution is 0.0654. The summed E-state index contributed by atoms with van der Waals surface area (Å²) < 4.78 is 1.03. The van der Waals surface area contributed by atoms with Gasteiger partial charge in [0.1, 0.15) is 4.88 Å². The number of nitrogen functional groups attached to an aromatic ring is 1. The minimum absolute atomic E-state index is 0.0116. The fourth-order valence-corrected chi connectivity index (χ4v) is 3.97. The number of hydrogen-bond donors (Lipinski definition) is 2. The quantitative estimate of drug-likeness (QED) is 0.892. The summed E-state index contributed by atoms with van der Waals surface area (Å²) >= 11 is 1.43. The van der Waals surface area contributed by atoms with Crippen LogP contribution in [0.5, 0.6) is 0 Å². The maximum absolute atomic E-state index is 12.7. The van der Waals surface area contributed by atoms with Crippen LogP contribution in [0.25, 0.3) is 10.1 Å². The number of anilines is 1. The summed E-state index contributed by atoms with van der Waals surface area (Å²) in [7, 11) is 0. The third-order valence-electron chi connectivity index (χ3n) is 4.16. The highest BCUT2D eigenvalue weighted by atomic mass is 32.1. The molecule has 1 aliphatic heterocycles. The number of likely N-dealkylation sites (tertiary alicyclic amines) is 1. The van der Waals surface area contributed by atoms with Gasteiger partial charge in [0.05, 0.1) is 18.3 Å². The van der Waals surface area contributed by atoms with E-state index in [0.717, 1.165) is 16.5 Å². The smallest absolute Gasteiger partial charge is 0.266 e. The summed E-state index contributed by atoms with van der Waals surface area (Å²) in [5.74, 6) is 0.284. The zero-order valence-electron chi connectivity index (χ0n) is 11.4. The van der Waals surface area contributed by atoms with Crippen LogP contribution in [0.15, 0.2) is 24.3 Å². The van der Waals surface area contributed by atoms with E-state index in [2.05, 4.69) is 6.92 Å². The predicted molar refractivity (Wildman–Crippen MR) is 81.9 cm³/mol. The molecule has 1 aromatic carbocycles. The van der Waals surface area contributed by atoms with Gasteiger partial charge in [0, 0.05) is 16.6 Å². The molecule has 1 fully saturated rings. The molecule has 0 aliphatic carbocycles. The average molecular weight is 290 g/mol. The Bertz CT molecular complexity index is 652. The van der Waals surface area contributed by atoms with Gasteiger partial charge in [-0.2, -0.15) is 0 Å². The van der Waals surface area contributed by atoms with Gasteiger partial charge >= 0.3 is 0 Å². The van der Waals surface area contributed by atoms with Crippen molar-refractivity contribution in [3.63, 3.8) is 0 Å². The molecule has 4 nitrogen and oxygen atoms in total. The average Bonchev–Trinajstić information content (AvgIpc) is 2.99. The van der Waals surface area contributed by atoms with Crippen LogP contribution in [0, 0.1) is 5.92 Å². The molecule has 3 N–H and O–H groups in total. The third kappa shape index (κ3) is 1.98. The van der Waals surface area contributed by atoms with Crippen molar-refractivity contribution in [1.29, 1.82) is 0 Å². The lowest BCUT2D eigenvalue weighted by Crippen LogP contribution is -2.39. The maximum Gasteiger partial charge on any atom is 0.266 e. The van der Waals surface area contributed by atoms with Gasteiger partial charge in [0.15, 0.2) is 0 Å². The van der Waals surface area contributed by atoms with Crippen molar-refractivity contribution in [3.8, 4) is 0 Å². The van der Waals surface area contributed by atoms with E-state index in [9.17, 15) is 9.90 Å². The van der Waals surface area contributed by atoms with Gasteiger partial charge in [-0.3, -0.25) is 4.79 Å². The number of carbonyl (C=O) groups excluding carboxylic acids is 1. The number of amides is 1. The zero-order chi connectivity index (χ0) is 14.3. The monoisotopic (exact) mass is 290 g/mol. The maximum atomic E-state index is 12.7. The van der Waals surface area contributed by atoms with Crippen molar-refractivity contribution in [2.45, 2.75) is 19.4 Å². The van der Waals surface area contributed by atoms with Gasteiger partial charge in [0.25, 0.3) is 5.91 Å². The molecule has 5 heteroatoms. The molecule has 0 radical (unpaired) electrons. The van der Waals surface area contributed by atoms with Gasteiger partial charge in [0.2, 0.25) is 0 Å². The number of nitrogens with zero attached hydrogens (tertiary/aromatic N) is 1. The molecule has 2 aromatic rings. The third-order valence-corrected chi connectivity index (χ3v) is 5.33. The second-order valence-electron chi connectivity index (χ2n) is 5.36. The Morgan fingerprint density at radius 2 is 2.25 bits per heavy atom. The van der Waals surface area contributed by atoms with Crippen molar-refractivity contribution in [3.05, 3.63) is 29.1 Å². The molecule has 0 saturated carbocycles. The number of nitrogens with two attached hydrogens (primary N) is 1. The second kappa shape index (κ2) is 5.07. The van der Waals surface area contributed by atoms with Crippen molar-refractivity contribution in [1.82, 2.24) is 4.90 Å². The number of aliphatic hydroxyl groups excluding tert-OH is 1. The van der Waals surface area contributed by atoms with Crippen LogP contribution >= 0.6 is 11.3 Å². The Hall–Kier alpha value is -1.59. The van der Waals surface area contributed by atoms with Crippen LogP contribution in [0.1, 0.15) is 23.0 Å². The number of fused-ring (bicyclic) bond motifs is 1. The molecule has 20 heavy (non-hydrogen) atoms. The molecule has 2 atom stereocenters. The Morgan fingerprint density at radius 3 is 2.95 bits per heavy atom. The summed E-state index contributed by atoms with van der Waals surface area (Å²) in [6, 6.07) is 7.69. The standard InChI is InChI=1S/C15H18N2O2S/c1-9-6-7-17(11(9)8-18)15(19)14-13(16)10-4-2-3-5-12(10)20-14/h2-5,9,11,18H,6-8,16H2,1H3. The largest absolute Gasteiger partial charge is 0.397 e. The number of thiophene rings is 1. The van der Waals surface area contributed by atoms with Crippen molar-refractivity contribution in [2.75, 3.05) is 18.9 Å². The highest BCUT2D eigenvalue weighted by Crippen LogP contribution is 2.36. The summed E-state index contributed by atoms with van der Waals surface area (Å²) in [5, 5.41) is 10.4. The molecule has 1 aromatic heterocycles. The summed E-state index contributed by atoms with van der Waals surface area (Å²) in [5.41, 5.74) is 6.69. The first-order valence-electron chi connectivity index (χ1n) is 6.82. The normalized spacial score (nSPS) is 22.6. The number of rotatable bonds is 2. The highest BCUT2D eigenvalue weighted by molar-refractivity contribution is 7.21. The molecule has 1 amide bonds. The van der Waals surface area contributed by atoms with Crippen LogP contribution < -0.4 is 5.73 Å². The van der Waals surface area contributed by atoms with Crippen LogP contribution in [-0.2, 0) is 0 Å². The molecule has 0 bridgehead atoms. The summed E-state index contributed by atoms with van der Waals surface area (Å²) in [6.45, 7) is 2.78. The fourth-order valence-electron chi connectivity index (χ4n) is 2.89. The first kappa shape index (κ1) is 13.4. The van der Waals surface area contributed by atoms with Gasteiger partial charge < -0.3 is 15.7 Å². The van der Waals surface area contributed by atoms with Crippen molar-refractivity contribution >= 4 is 33.0 Å². The van der Waals surface area contributed by atoms with Crippen LogP contribution in [-0.4, -0.2) is 35.1 Å². The molecule has 1 aliphatic rings. The molecule has 2 heterocycles. The Labute approximate surface area is 121 Å². The SMILES string of the molecule is CC1CCN(C(=O)c2sc3ccccc3c2N)C1CO. The first-order chi connectivity index (χ1) is 9.63. The van der Waals surface area contributed by atoms with Gasteiger partial charge in [-0.15, -0.1) is 11.3 Å². The zero-order valence-corrected chi connectivity index (χ0v) is 12.2. The van der Waals surface area contributed by atoms with E-state index in [0.29, 0.717) is 23.0 Å². The Balaban J connectivity index is 1.99. The minimum Gasteiger partial charge on any atom is -0.397 e. The number of benzene rings is 1. The summed E-state index contributed by atoms with van der Waals surface area (Å²) in [6.07, 6.45) is 0.932. The lowest BCUT2D eigenvalue weighted by atomic mass is 10.0. The minimum atomic E-state index is -0.0906. The molecule has 3 rings (SSSR count). The van der Waals surface area contributed by atoms with Gasteiger partial charge in [-0.05, 0) is 18.4 Å². The molecule has 1 saturated heterocycles. The van der Waals surface area contributed by atoms with Crippen molar-refractivity contribution in [2.24, 2.45) is 5.92 Å². The van der Waals surface area contributed by atoms with E-state index >= 15 is 0 Å². The topological polar surface area (TPSA) is 66.6 Å². The number of carbonyl (C=O) groups is 1. The molecule has 0 spiro atoms. The Morgan fingerprint density at radius 1 is 1.50 bits per heavy atom. The molecular weight excluding hydrogens is 272 g/mol. The van der Waals surface area contributed by atoms with E-state index in [1.54, 1.807) is 4.90 Å². The lowest BCUT2D eigenvalue weighted by Gasteiger charge is -2.24. The van der Waals surface area contributed by atoms with E-state index in [1.807, 2.05) is 24.3 Å². The molecular formula is C15H18N2O2S. The van der Waals surface area contributed by atoms with E-state index in [-0.39, 0.29) is 18.6 Å². The highest BCUT2D eigenvalue weighted by Gasteiger charge is 2.35. The van der Waals surface area contributed by atoms with Crippen LogP contribution in [0.3, 0.4) is 0 Å². The van der Waals surface area contributed by atoms with Crippen molar-refractivity contribution < 1.29 is 9.90 Å². The molecule has 2 unspecified atom stereocenters. The molecule has 106 valence electrons. The van der Waals surface area contributed by atoms with Gasteiger partial charge in [-0.25, -0.2) is 0 Å². The summed E-state index contributed by atoms with van der Waals surface area (Å²) in [4.78, 5) is 15.1. The number of hydrogen-bond acceptors (Lipinski definition) is 4. The predicted octanol–water partition coefficient (Wildman–Crippen LogP) is 2.33. The van der Waals surface area contributed by atoms with Crippen LogP contribution in [0.2, 0.25) is 0 Å². The first-order valence-corrected chi connectivity index (χ1v) is 7.64. The fraction of sp³-hybridized carbons (Fsp3) is 0.400. The van der Waals surface area contributed by atoms with Crippen LogP contribution in [0.4, 0.5) is 5.69 Å². The van der Waals surface area contributed by atoms with E-state index in [1.165, 1.54) is 11.3 Å². The van der Waals surface area contributed by atoms with Gasteiger partial charge in [-0.1, -0.05) is 25.1 Å². The second-order valence-corrected chi connectivity index (χ2v) is 6.41.